The van der Waals surface area contributed by atoms with Crippen LogP contribution in [0.3, 0.4) is 0 Å². The van der Waals surface area contributed by atoms with Crippen LogP contribution in [0.25, 0.3) is 11.0 Å². The van der Waals surface area contributed by atoms with Crippen molar-refractivity contribution in [3.05, 3.63) is 35.6 Å². The molecule has 0 spiro atoms. The van der Waals surface area contributed by atoms with E-state index in [2.05, 4.69) is 32.0 Å². The van der Waals surface area contributed by atoms with E-state index in [1.165, 1.54) is 12.0 Å². The molecular formula is C16H21NO2. The number of benzene rings is 1. The fourth-order valence-corrected chi connectivity index (χ4v) is 2.84. The van der Waals surface area contributed by atoms with Gasteiger partial charge in [-0.05, 0) is 51.3 Å². The van der Waals surface area contributed by atoms with Gasteiger partial charge >= 0.3 is 0 Å². The zero-order valence-corrected chi connectivity index (χ0v) is 11.6. The Morgan fingerprint density at radius 2 is 2.11 bits per heavy atom. The highest BCUT2D eigenvalue weighted by molar-refractivity contribution is 5.78. The number of hydrogen-bond donors (Lipinski definition) is 1. The summed E-state index contributed by atoms with van der Waals surface area (Å²) in [7, 11) is 0. The van der Waals surface area contributed by atoms with Crippen LogP contribution in [0.1, 0.15) is 43.6 Å². The third-order valence-corrected chi connectivity index (χ3v) is 4.15. The van der Waals surface area contributed by atoms with Crippen LogP contribution in [0, 0.1) is 6.92 Å². The monoisotopic (exact) mass is 259 g/mol. The van der Waals surface area contributed by atoms with Crippen LogP contribution in [0.2, 0.25) is 0 Å². The molecule has 2 atom stereocenters. The molecule has 19 heavy (non-hydrogen) atoms. The second-order valence-electron chi connectivity index (χ2n) is 5.79. The molecule has 3 rings (SSSR count). The Hall–Kier alpha value is -1.32. The van der Waals surface area contributed by atoms with Gasteiger partial charge in [0.05, 0.1) is 11.6 Å². The molecule has 2 aromatic rings. The quantitative estimate of drug-likeness (QED) is 0.894. The van der Waals surface area contributed by atoms with Crippen LogP contribution in [-0.2, 0) is 4.74 Å². The van der Waals surface area contributed by atoms with Crippen molar-refractivity contribution < 1.29 is 9.15 Å². The average Bonchev–Trinajstić information content (AvgIpc) is 2.81. The van der Waals surface area contributed by atoms with Crippen LogP contribution in [0.15, 0.2) is 28.7 Å². The van der Waals surface area contributed by atoms with Crippen LogP contribution < -0.4 is 5.73 Å². The normalized spacial score (nSPS) is 25.6. The fraction of sp³-hybridized carbons (Fsp3) is 0.500. The van der Waals surface area contributed by atoms with Crippen LogP contribution in [0.4, 0.5) is 0 Å². The maximum absolute atomic E-state index is 6.39. The predicted octanol–water partition coefficient (Wildman–Crippen LogP) is 3.70. The Labute approximate surface area is 113 Å². The third kappa shape index (κ3) is 2.28. The Bertz CT molecular complexity index is 581. The summed E-state index contributed by atoms with van der Waals surface area (Å²) in [4.78, 5) is 0. The summed E-state index contributed by atoms with van der Waals surface area (Å²) in [6, 6.07) is 8.03. The van der Waals surface area contributed by atoms with E-state index in [0.29, 0.717) is 0 Å². The highest BCUT2D eigenvalue weighted by Crippen LogP contribution is 2.37. The number of furan rings is 1. The standard InChI is InChI=1S/C16H21NO2/c1-11-5-6-13-12(9-11)10-14(19-13)15(17)16(2)7-3-4-8-18-16/h5-6,9-10,15H,3-4,7-8,17H2,1-2H3. The van der Waals surface area contributed by atoms with Gasteiger partial charge in [0.25, 0.3) is 0 Å². The molecule has 1 fully saturated rings. The van der Waals surface area contributed by atoms with E-state index < -0.39 is 0 Å². The summed E-state index contributed by atoms with van der Waals surface area (Å²) in [5.41, 5.74) is 8.21. The molecule has 0 bridgehead atoms. The fourth-order valence-electron chi connectivity index (χ4n) is 2.84. The minimum Gasteiger partial charge on any atom is -0.459 e. The molecule has 2 N–H and O–H groups in total. The van der Waals surface area contributed by atoms with Crippen molar-refractivity contribution in [2.24, 2.45) is 5.73 Å². The summed E-state index contributed by atoms with van der Waals surface area (Å²) in [5, 5.41) is 1.12. The molecule has 2 unspecified atom stereocenters. The number of rotatable bonds is 2. The van der Waals surface area contributed by atoms with Crippen molar-refractivity contribution >= 4 is 11.0 Å². The van der Waals surface area contributed by atoms with E-state index >= 15 is 0 Å². The molecular weight excluding hydrogens is 238 g/mol. The first-order chi connectivity index (χ1) is 9.08. The molecule has 1 aromatic carbocycles. The first-order valence-electron chi connectivity index (χ1n) is 6.98. The molecule has 3 nitrogen and oxygen atoms in total. The van der Waals surface area contributed by atoms with E-state index in [9.17, 15) is 0 Å². The van der Waals surface area contributed by atoms with Gasteiger partial charge in [-0.3, -0.25) is 0 Å². The van der Waals surface area contributed by atoms with Gasteiger partial charge in [-0.1, -0.05) is 11.6 Å². The molecule has 0 saturated carbocycles. The molecule has 1 saturated heterocycles. The molecule has 102 valence electrons. The Morgan fingerprint density at radius 1 is 1.26 bits per heavy atom. The molecule has 1 aliphatic heterocycles. The van der Waals surface area contributed by atoms with Gasteiger partial charge in [-0.25, -0.2) is 0 Å². The highest BCUT2D eigenvalue weighted by Gasteiger charge is 2.37. The van der Waals surface area contributed by atoms with Crippen molar-refractivity contribution in [1.82, 2.24) is 0 Å². The molecule has 0 aliphatic carbocycles. The van der Waals surface area contributed by atoms with E-state index in [-0.39, 0.29) is 11.6 Å². The van der Waals surface area contributed by atoms with Gasteiger partial charge in [0.15, 0.2) is 0 Å². The second-order valence-corrected chi connectivity index (χ2v) is 5.79. The van der Waals surface area contributed by atoms with Crippen LogP contribution >= 0.6 is 0 Å². The summed E-state index contributed by atoms with van der Waals surface area (Å²) >= 11 is 0. The van der Waals surface area contributed by atoms with E-state index in [4.69, 9.17) is 14.9 Å². The molecule has 0 amide bonds. The lowest BCUT2D eigenvalue weighted by atomic mass is 9.87. The van der Waals surface area contributed by atoms with Crippen molar-refractivity contribution in [1.29, 1.82) is 0 Å². The van der Waals surface area contributed by atoms with Crippen molar-refractivity contribution in [3.63, 3.8) is 0 Å². The zero-order chi connectivity index (χ0) is 13.5. The van der Waals surface area contributed by atoms with Crippen molar-refractivity contribution in [3.8, 4) is 0 Å². The summed E-state index contributed by atoms with van der Waals surface area (Å²) in [6.07, 6.45) is 3.29. The largest absolute Gasteiger partial charge is 0.459 e. The van der Waals surface area contributed by atoms with E-state index in [0.717, 1.165) is 36.2 Å². The van der Waals surface area contributed by atoms with Gasteiger partial charge in [0.1, 0.15) is 11.3 Å². The minimum atomic E-state index is -0.304. The first kappa shape index (κ1) is 12.7. The van der Waals surface area contributed by atoms with Gasteiger partial charge in [0.2, 0.25) is 0 Å². The van der Waals surface area contributed by atoms with Gasteiger partial charge in [-0.2, -0.15) is 0 Å². The molecule has 3 heteroatoms. The first-order valence-corrected chi connectivity index (χ1v) is 6.98. The molecule has 0 radical (unpaired) electrons. The van der Waals surface area contributed by atoms with Gasteiger partial charge < -0.3 is 14.9 Å². The zero-order valence-electron chi connectivity index (χ0n) is 11.6. The summed E-state index contributed by atoms with van der Waals surface area (Å²) in [5.74, 6) is 0.824. The highest BCUT2D eigenvalue weighted by atomic mass is 16.5. The van der Waals surface area contributed by atoms with E-state index in [1.807, 2.05) is 6.07 Å². The number of hydrogen-bond acceptors (Lipinski definition) is 3. The van der Waals surface area contributed by atoms with Crippen LogP contribution in [0.5, 0.6) is 0 Å². The lowest BCUT2D eigenvalue weighted by molar-refractivity contribution is -0.0852. The number of aryl methyl sites for hydroxylation is 1. The molecule has 1 aromatic heterocycles. The number of nitrogens with two attached hydrogens (primary N) is 1. The van der Waals surface area contributed by atoms with Crippen molar-refractivity contribution in [2.45, 2.75) is 44.8 Å². The van der Waals surface area contributed by atoms with Gasteiger partial charge in [0, 0.05) is 12.0 Å². The smallest absolute Gasteiger partial charge is 0.134 e. The number of ether oxygens (including phenoxy) is 1. The van der Waals surface area contributed by atoms with Gasteiger partial charge in [-0.15, -0.1) is 0 Å². The summed E-state index contributed by atoms with van der Waals surface area (Å²) < 4.78 is 11.8. The molecule has 1 aliphatic rings. The Morgan fingerprint density at radius 3 is 2.84 bits per heavy atom. The maximum Gasteiger partial charge on any atom is 0.134 e. The number of fused-ring (bicyclic) bond motifs is 1. The third-order valence-electron chi connectivity index (χ3n) is 4.15. The SMILES string of the molecule is Cc1ccc2oc(C(N)C3(C)CCCCO3)cc2c1. The average molecular weight is 259 g/mol. The van der Waals surface area contributed by atoms with E-state index in [1.54, 1.807) is 0 Å². The molecule has 2 heterocycles. The Kier molecular flexibility index (Phi) is 3.11. The second kappa shape index (κ2) is 4.66. The minimum absolute atomic E-state index is 0.208. The lowest BCUT2D eigenvalue weighted by Gasteiger charge is -2.37. The predicted molar refractivity (Wildman–Crippen MR) is 76.1 cm³/mol. The lowest BCUT2D eigenvalue weighted by Crippen LogP contribution is -2.43. The Balaban J connectivity index is 1.94. The maximum atomic E-state index is 6.39. The van der Waals surface area contributed by atoms with Crippen LogP contribution in [-0.4, -0.2) is 12.2 Å². The topological polar surface area (TPSA) is 48.4 Å². The van der Waals surface area contributed by atoms with Crippen molar-refractivity contribution in [2.75, 3.05) is 6.61 Å². The summed E-state index contributed by atoms with van der Waals surface area (Å²) in [6.45, 7) is 4.97.